The number of aliphatic hydroxyl groups is 1. The molecule has 1 N–H and O–H groups in total. The monoisotopic (exact) mass is 355 g/mol. The van der Waals surface area contributed by atoms with E-state index in [1.165, 1.54) is 11.6 Å². The van der Waals surface area contributed by atoms with Crippen LogP contribution in [-0.2, 0) is 16.8 Å². The summed E-state index contributed by atoms with van der Waals surface area (Å²) >= 11 is 0. The van der Waals surface area contributed by atoms with Crippen molar-refractivity contribution in [2.75, 3.05) is 13.6 Å². The van der Waals surface area contributed by atoms with Gasteiger partial charge in [0.25, 0.3) is 0 Å². The topological polar surface area (TPSA) is 59.0 Å². The molecule has 1 spiro atoms. The first-order valence-electron chi connectivity index (χ1n) is 9.15. The molecule has 3 aliphatic rings. The molecule has 0 amide bonds. The Labute approximate surface area is 153 Å². The van der Waals surface area contributed by atoms with E-state index in [4.69, 9.17) is 9.47 Å². The second-order valence-corrected chi connectivity index (χ2v) is 7.87. The van der Waals surface area contributed by atoms with E-state index in [1.807, 2.05) is 32.1 Å². The zero-order valence-corrected chi connectivity index (χ0v) is 15.5. The average molecular weight is 355 g/mol. The molecule has 1 aromatic rings. The van der Waals surface area contributed by atoms with Gasteiger partial charge in [-0.1, -0.05) is 23.8 Å². The lowest BCUT2D eigenvalue weighted by Crippen LogP contribution is -2.42. The predicted octanol–water partition coefficient (Wildman–Crippen LogP) is 2.71. The number of hydrogen-bond acceptors (Lipinski definition) is 5. The Morgan fingerprint density at radius 1 is 1.42 bits per heavy atom. The number of esters is 1. The van der Waals surface area contributed by atoms with Crippen LogP contribution < -0.4 is 9.47 Å². The highest BCUT2D eigenvalue weighted by Gasteiger charge is 2.52. The van der Waals surface area contributed by atoms with Gasteiger partial charge in [0.1, 0.15) is 6.10 Å². The van der Waals surface area contributed by atoms with E-state index >= 15 is 0 Å². The molecule has 26 heavy (non-hydrogen) atoms. The highest BCUT2D eigenvalue weighted by atomic mass is 16.6. The number of benzene rings is 1. The first kappa shape index (κ1) is 17.3. The van der Waals surface area contributed by atoms with Crippen molar-refractivity contribution >= 4 is 5.97 Å². The number of aliphatic hydroxyl groups excluding tert-OH is 1. The number of nitrogens with zero attached hydrogens (tertiary/aromatic N) is 1. The average Bonchev–Trinajstić information content (AvgIpc) is 2.82. The molecule has 4 rings (SSSR count). The van der Waals surface area contributed by atoms with Crippen LogP contribution in [-0.4, -0.2) is 41.8 Å². The van der Waals surface area contributed by atoms with Crippen LogP contribution in [0.3, 0.4) is 0 Å². The first-order chi connectivity index (χ1) is 12.4. The van der Waals surface area contributed by atoms with E-state index in [2.05, 4.69) is 18.0 Å². The van der Waals surface area contributed by atoms with Crippen LogP contribution in [0.25, 0.3) is 0 Å². The van der Waals surface area contributed by atoms with Crippen molar-refractivity contribution in [2.24, 2.45) is 0 Å². The van der Waals surface area contributed by atoms with Gasteiger partial charge in [-0.2, -0.15) is 0 Å². The van der Waals surface area contributed by atoms with Crippen molar-refractivity contribution in [3.63, 3.8) is 0 Å². The van der Waals surface area contributed by atoms with Crippen molar-refractivity contribution in [3.05, 3.63) is 47.1 Å². The summed E-state index contributed by atoms with van der Waals surface area (Å²) in [5.74, 6) is 0.736. The van der Waals surface area contributed by atoms with Crippen LogP contribution in [0.4, 0.5) is 0 Å². The maximum Gasteiger partial charge on any atom is 0.336 e. The zero-order chi connectivity index (χ0) is 18.5. The van der Waals surface area contributed by atoms with Gasteiger partial charge < -0.3 is 19.5 Å². The molecule has 2 heterocycles. The maximum absolute atomic E-state index is 12.1. The highest BCUT2D eigenvalue weighted by Crippen LogP contribution is 2.55. The third-order valence-electron chi connectivity index (χ3n) is 5.54. The molecular formula is C21H25NO4. The molecule has 0 aromatic heterocycles. The Balaban J connectivity index is 1.82. The lowest BCUT2D eigenvalue weighted by molar-refractivity contribution is -0.129. The standard InChI is InChI=1S/C21H25NO4/c1-13(2)10-18(24)25-16-5-4-14-12-22(3)9-8-21-7-6-15(23)11-17(21)26-20(16)19(14)21/h4-7,10,15,17,23H,8-9,11-12H2,1-3H3/t15-,17?,21?/m0/s1. The number of carbonyl (C=O) groups is 1. The molecule has 3 atom stereocenters. The fourth-order valence-electron chi connectivity index (χ4n) is 4.37. The van der Waals surface area contributed by atoms with E-state index < -0.39 is 12.1 Å². The SMILES string of the molecule is CC(C)=CC(=O)Oc1ccc2c3c1OC1C[C@@H](O)C=CC31CCN(C)C2. The molecule has 1 aliphatic carbocycles. The van der Waals surface area contributed by atoms with Crippen molar-refractivity contribution in [1.29, 1.82) is 0 Å². The Morgan fingerprint density at radius 2 is 2.23 bits per heavy atom. The van der Waals surface area contributed by atoms with Gasteiger partial charge in [-0.05, 0) is 45.5 Å². The van der Waals surface area contributed by atoms with Crippen molar-refractivity contribution < 1.29 is 19.4 Å². The van der Waals surface area contributed by atoms with Crippen LogP contribution in [0, 0.1) is 0 Å². The van der Waals surface area contributed by atoms with Gasteiger partial charge in [0.05, 0.1) is 11.5 Å². The number of rotatable bonds is 2. The van der Waals surface area contributed by atoms with Gasteiger partial charge in [-0.25, -0.2) is 4.79 Å². The Morgan fingerprint density at radius 3 is 3.00 bits per heavy atom. The minimum atomic E-state index is -0.499. The molecule has 5 heteroatoms. The summed E-state index contributed by atoms with van der Waals surface area (Å²) in [5.41, 5.74) is 2.95. The highest BCUT2D eigenvalue weighted by molar-refractivity contribution is 5.85. The summed E-state index contributed by atoms with van der Waals surface area (Å²) in [6.07, 6.45) is 6.31. The van der Waals surface area contributed by atoms with Crippen LogP contribution in [0.1, 0.15) is 37.8 Å². The second-order valence-electron chi connectivity index (χ2n) is 7.87. The van der Waals surface area contributed by atoms with Gasteiger partial charge in [-0.3, -0.25) is 0 Å². The number of hydrogen-bond donors (Lipinski definition) is 1. The van der Waals surface area contributed by atoms with E-state index in [9.17, 15) is 9.90 Å². The van der Waals surface area contributed by atoms with Crippen LogP contribution in [0.5, 0.6) is 11.5 Å². The number of allylic oxidation sites excluding steroid dienone is 1. The van der Waals surface area contributed by atoms with E-state index in [1.54, 1.807) is 0 Å². The molecule has 5 nitrogen and oxygen atoms in total. The summed E-state index contributed by atoms with van der Waals surface area (Å²) in [5, 5.41) is 10.1. The molecular weight excluding hydrogens is 330 g/mol. The van der Waals surface area contributed by atoms with Crippen LogP contribution in [0.2, 0.25) is 0 Å². The normalized spacial score (nSPS) is 29.2. The van der Waals surface area contributed by atoms with Crippen LogP contribution in [0.15, 0.2) is 35.9 Å². The van der Waals surface area contributed by atoms with Crippen molar-refractivity contribution in [2.45, 2.75) is 50.9 Å². The molecule has 0 bridgehead atoms. The fraction of sp³-hybridized carbons (Fsp3) is 0.476. The lowest BCUT2D eigenvalue weighted by atomic mass is 9.69. The van der Waals surface area contributed by atoms with E-state index in [0.29, 0.717) is 17.9 Å². The predicted molar refractivity (Wildman–Crippen MR) is 98.3 cm³/mol. The molecule has 138 valence electrons. The summed E-state index contributed by atoms with van der Waals surface area (Å²) in [6.45, 7) is 5.50. The summed E-state index contributed by atoms with van der Waals surface area (Å²) < 4.78 is 11.9. The number of ether oxygens (including phenoxy) is 2. The van der Waals surface area contributed by atoms with Gasteiger partial charge in [-0.15, -0.1) is 0 Å². The minimum absolute atomic E-state index is 0.133. The molecule has 0 fully saturated rings. The first-order valence-corrected chi connectivity index (χ1v) is 9.15. The summed E-state index contributed by atoms with van der Waals surface area (Å²) in [7, 11) is 2.12. The molecule has 2 unspecified atom stereocenters. The Bertz CT molecular complexity index is 808. The van der Waals surface area contributed by atoms with Crippen molar-refractivity contribution in [3.8, 4) is 11.5 Å². The smallest absolute Gasteiger partial charge is 0.336 e. The van der Waals surface area contributed by atoms with Gasteiger partial charge >= 0.3 is 5.97 Å². The summed E-state index contributed by atoms with van der Waals surface area (Å²) in [6, 6.07) is 3.87. The molecule has 0 saturated heterocycles. The zero-order valence-electron chi connectivity index (χ0n) is 15.5. The summed E-state index contributed by atoms with van der Waals surface area (Å²) in [4.78, 5) is 14.4. The Hall–Kier alpha value is -2.11. The van der Waals surface area contributed by atoms with Crippen LogP contribution >= 0.6 is 0 Å². The van der Waals surface area contributed by atoms with Gasteiger partial charge in [0, 0.05) is 24.6 Å². The van der Waals surface area contributed by atoms with E-state index in [-0.39, 0.29) is 11.5 Å². The molecule has 2 aliphatic heterocycles. The third kappa shape index (κ3) is 2.75. The third-order valence-corrected chi connectivity index (χ3v) is 5.54. The quantitative estimate of drug-likeness (QED) is 0.383. The van der Waals surface area contributed by atoms with Gasteiger partial charge in [0.15, 0.2) is 11.5 Å². The maximum atomic E-state index is 12.1. The fourth-order valence-corrected chi connectivity index (χ4v) is 4.37. The lowest BCUT2D eigenvalue weighted by Gasteiger charge is -2.35. The molecule has 0 saturated carbocycles. The Kier molecular flexibility index (Phi) is 4.16. The molecule has 1 aromatic carbocycles. The number of carbonyl (C=O) groups excluding carboxylic acids is 1. The second kappa shape index (κ2) is 6.25. The molecule has 0 radical (unpaired) electrons. The van der Waals surface area contributed by atoms with E-state index in [0.717, 1.165) is 30.6 Å². The van der Waals surface area contributed by atoms with Crippen molar-refractivity contribution in [1.82, 2.24) is 4.90 Å². The largest absolute Gasteiger partial charge is 0.485 e. The minimum Gasteiger partial charge on any atom is -0.485 e. The van der Waals surface area contributed by atoms with Gasteiger partial charge in [0.2, 0.25) is 0 Å².